The Morgan fingerprint density at radius 2 is 1.59 bits per heavy atom. The minimum absolute atomic E-state index is 0.252. The van der Waals surface area contributed by atoms with Crippen LogP contribution in [0.3, 0.4) is 0 Å². The van der Waals surface area contributed by atoms with E-state index < -0.39 is 0 Å². The van der Waals surface area contributed by atoms with Crippen molar-refractivity contribution < 1.29 is 4.74 Å². The lowest BCUT2D eigenvalue weighted by molar-refractivity contribution is 0.190. The van der Waals surface area contributed by atoms with Gasteiger partial charge in [0, 0.05) is 30.1 Å². The molecule has 0 aromatic heterocycles. The summed E-state index contributed by atoms with van der Waals surface area (Å²) in [4.78, 5) is 0. The highest BCUT2D eigenvalue weighted by Gasteiger charge is 2.38. The van der Waals surface area contributed by atoms with Gasteiger partial charge in [0.2, 0.25) is 0 Å². The van der Waals surface area contributed by atoms with Crippen LogP contribution >= 0.6 is 0 Å². The van der Waals surface area contributed by atoms with E-state index in [1.54, 1.807) is 7.11 Å². The van der Waals surface area contributed by atoms with Crippen molar-refractivity contribution in [2.75, 3.05) is 13.7 Å². The van der Waals surface area contributed by atoms with Gasteiger partial charge in [0.25, 0.3) is 0 Å². The van der Waals surface area contributed by atoms with Crippen LogP contribution in [-0.4, -0.2) is 25.7 Å². The van der Waals surface area contributed by atoms with Crippen LogP contribution in [0.25, 0.3) is 0 Å². The summed E-state index contributed by atoms with van der Waals surface area (Å²) >= 11 is 0. The fraction of sp³-hybridized carbons (Fsp3) is 0.471. The van der Waals surface area contributed by atoms with Gasteiger partial charge in [0.05, 0.1) is 7.11 Å². The molecule has 0 bridgehead atoms. The molecule has 1 saturated heterocycles. The van der Waals surface area contributed by atoms with Crippen molar-refractivity contribution in [1.29, 1.82) is 0 Å². The number of hydrogen-bond donors (Lipinski definition) is 2. The van der Waals surface area contributed by atoms with Crippen molar-refractivity contribution in [3.8, 4) is 5.75 Å². The van der Waals surface area contributed by atoms with Crippen LogP contribution in [0.2, 0.25) is 0 Å². The fourth-order valence-electron chi connectivity index (χ4n) is 6.20. The van der Waals surface area contributed by atoms with Crippen LogP contribution in [-0.2, 0) is 13.0 Å². The lowest BCUT2D eigenvalue weighted by Gasteiger charge is -2.44. The average Bonchev–Trinajstić information content (AvgIpc) is 2.89. The summed E-state index contributed by atoms with van der Waals surface area (Å²) in [5, 5.41) is 8.03. The maximum atomic E-state index is 5.80. The molecule has 3 nitrogen and oxygen atoms in total. The molecule has 2 N–H and O–H groups in total. The van der Waals surface area contributed by atoms with Gasteiger partial charge in [-0.15, -0.1) is 0 Å². The molecule has 1 heterocycles. The first-order valence-corrected chi connectivity index (χ1v) is 14.1. The highest BCUT2D eigenvalue weighted by Crippen LogP contribution is 2.36. The number of benzene rings is 3. The van der Waals surface area contributed by atoms with Gasteiger partial charge in [-0.25, -0.2) is 0 Å². The minimum atomic E-state index is 0.252. The molecule has 0 amide bonds. The first kappa shape index (κ1) is 27.4. The predicted octanol–water partition coefficient (Wildman–Crippen LogP) is 7.35. The lowest BCUT2D eigenvalue weighted by Crippen LogP contribution is -2.58. The highest BCUT2D eigenvalue weighted by molar-refractivity contribution is 5.38. The molecule has 3 heteroatoms. The van der Waals surface area contributed by atoms with E-state index >= 15 is 0 Å². The van der Waals surface area contributed by atoms with Gasteiger partial charge in [-0.3, -0.25) is 0 Å². The van der Waals surface area contributed by atoms with Crippen molar-refractivity contribution in [1.82, 2.24) is 10.6 Å². The topological polar surface area (TPSA) is 33.3 Å². The normalized spacial score (nSPS) is 20.2. The molecular weight excluding hydrogens is 452 g/mol. The van der Waals surface area contributed by atoms with E-state index in [1.165, 1.54) is 41.5 Å². The molecule has 4 rings (SSSR count). The van der Waals surface area contributed by atoms with Crippen LogP contribution in [0, 0.1) is 11.3 Å². The Bertz CT molecular complexity index is 1050. The van der Waals surface area contributed by atoms with Crippen molar-refractivity contribution in [2.24, 2.45) is 11.3 Å². The third-order valence-corrected chi connectivity index (χ3v) is 7.73. The fourth-order valence-corrected chi connectivity index (χ4v) is 6.20. The number of rotatable bonds is 10. The molecule has 37 heavy (non-hydrogen) atoms. The lowest BCUT2D eigenvalue weighted by atomic mass is 9.74. The summed E-state index contributed by atoms with van der Waals surface area (Å²) in [6, 6.07) is 29.5. The molecule has 1 aliphatic rings. The quantitative estimate of drug-likeness (QED) is 0.306. The van der Waals surface area contributed by atoms with Crippen LogP contribution in [0.5, 0.6) is 5.75 Å². The van der Waals surface area contributed by atoms with E-state index in [-0.39, 0.29) is 11.3 Å². The Kier molecular flexibility index (Phi) is 9.45. The average molecular weight is 499 g/mol. The number of ether oxygens (including phenoxy) is 1. The second kappa shape index (κ2) is 12.8. The summed E-state index contributed by atoms with van der Waals surface area (Å²) in [6.45, 7) is 11.1. The predicted molar refractivity (Wildman–Crippen MR) is 156 cm³/mol. The van der Waals surface area contributed by atoms with Gasteiger partial charge >= 0.3 is 0 Å². The zero-order chi connectivity index (χ0) is 26.3. The molecule has 3 atom stereocenters. The molecule has 0 aliphatic carbocycles. The van der Waals surface area contributed by atoms with Crippen molar-refractivity contribution >= 4 is 0 Å². The van der Waals surface area contributed by atoms with E-state index in [2.05, 4.69) is 117 Å². The van der Waals surface area contributed by atoms with Crippen LogP contribution in [0.1, 0.15) is 75.1 Å². The molecule has 0 saturated carbocycles. The monoisotopic (exact) mass is 498 g/mol. The SMILES string of the molecule is CCCC1CCNC(C(c2ccccc2)c2ccccc2)C1NCc1cc(CC(C)(C)C)ccc1OC. The molecule has 3 aromatic carbocycles. The second-order valence-electron chi connectivity index (χ2n) is 11.9. The Morgan fingerprint density at radius 1 is 0.946 bits per heavy atom. The molecular formula is C34H46N2O. The molecule has 0 spiro atoms. The first-order valence-electron chi connectivity index (χ1n) is 14.1. The van der Waals surface area contributed by atoms with Gasteiger partial charge in [-0.2, -0.15) is 0 Å². The standard InChI is InChI=1S/C34H46N2O/c1-6-13-28-20-21-35-33(31(26-14-9-7-10-15-26)27-16-11-8-12-17-27)32(28)36-24-29-22-25(23-34(2,3)4)18-19-30(29)37-5/h7-12,14-19,22,28,31-33,35-36H,6,13,20-21,23-24H2,1-5H3. The van der Waals surface area contributed by atoms with E-state index in [0.717, 1.165) is 25.3 Å². The van der Waals surface area contributed by atoms with E-state index in [4.69, 9.17) is 4.74 Å². The van der Waals surface area contributed by atoms with Crippen LogP contribution in [0.4, 0.5) is 0 Å². The Balaban J connectivity index is 1.66. The summed E-state index contributed by atoms with van der Waals surface area (Å²) in [6.07, 6.45) is 4.72. The molecule has 198 valence electrons. The van der Waals surface area contributed by atoms with E-state index in [0.29, 0.717) is 18.0 Å². The third-order valence-electron chi connectivity index (χ3n) is 7.73. The maximum absolute atomic E-state index is 5.80. The number of piperidine rings is 1. The first-order chi connectivity index (χ1) is 17.9. The Morgan fingerprint density at radius 3 is 2.16 bits per heavy atom. The largest absolute Gasteiger partial charge is 0.496 e. The van der Waals surface area contributed by atoms with Crippen molar-refractivity contribution in [3.05, 3.63) is 101 Å². The van der Waals surface area contributed by atoms with E-state index in [9.17, 15) is 0 Å². The van der Waals surface area contributed by atoms with E-state index in [1.807, 2.05) is 0 Å². The minimum Gasteiger partial charge on any atom is -0.496 e. The smallest absolute Gasteiger partial charge is 0.123 e. The molecule has 1 fully saturated rings. The highest BCUT2D eigenvalue weighted by atomic mass is 16.5. The summed E-state index contributed by atoms with van der Waals surface area (Å²) in [7, 11) is 1.79. The zero-order valence-corrected chi connectivity index (χ0v) is 23.5. The Hall–Kier alpha value is -2.62. The van der Waals surface area contributed by atoms with Gasteiger partial charge in [-0.05, 0) is 59.9 Å². The molecule has 1 aliphatic heterocycles. The maximum Gasteiger partial charge on any atom is 0.123 e. The van der Waals surface area contributed by atoms with Gasteiger partial charge in [0.15, 0.2) is 0 Å². The zero-order valence-electron chi connectivity index (χ0n) is 23.5. The number of methoxy groups -OCH3 is 1. The van der Waals surface area contributed by atoms with Crippen LogP contribution < -0.4 is 15.4 Å². The van der Waals surface area contributed by atoms with Crippen LogP contribution in [0.15, 0.2) is 78.9 Å². The van der Waals surface area contributed by atoms with Crippen molar-refractivity contribution in [3.63, 3.8) is 0 Å². The number of nitrogens with one attached hydrogen (secondary N) is 2. The summed E-state index contributed by atoms with van der Waals surface area (Å²) in [5.41, 5.74) is 5.63. The second-order valence-corrected chi connectivity index (χ2v) is 11.9. The molecule has 3 unspecified atom stereocenters. The molecule has 0 radical (unpaired) electrons. The summed E-state index contributed by atoms with van der Waals surface area (Å²) in [5.74, 6) is 1.89. The third kappa shape index (κ3) is 7.24. The van der Waals surface area contributed by atoms with Crippen molar-refractivity contribution in [2.45, 2.75) is 77.9 Å². The number of hydrogen-bond acceptors (Lipinski definition) is 3. The van der Waals surface area contributed by atoms with Gasteiger partial charge in [-0.1, -0.05) is 107 Å². The van der Waals surface area contributed by atoms with Gasteiger partial charge < -0.3 is 15.4 Å². The Labute approximate surface area is 225 Å². The summed E-state index contributed by atoms with van der Waals surface area (Å²) < 4.78 is 5.80. The molecule has 3 aromatic rings. The van der Waals surface area contributed by atoms with Gasteiger partial charge in [0.1, 0.15) is 5.75 Å².